The highest BCUT2D eigenvalue weighted by Gasteiger charge is 2.15. The Labute approximate surface area is 169 Å². The summed E-state index contributed by atoms with van der Waals surface area (Å²) in [5.74, 6) is -0.144. The van der Waals surface area contributed by atoms with Crippen LogP contribution in [0.4, 0.5) is 0 Å². The lowest BCUT2D eigenvalue weighted by molar-refractivity contribution is 0.103. The van der Waals surface area contributed by atoms with Crippen molar-refractivity contribution in [1.82, 2.24) is 19.6 Å². The summed E-state index contributed by atoms with van der Waals surface area (Å²) in [6.45, 7) is 0. The van der Waals surface area contributed by atoms with Crippen molar-refractivity contribution in [3.05, 3.63) is 79.5 Å². The number of aromatic nitrogens is 4. The minimum absolute atomic E-state index is 0.0393. The van der Waals surface area contributed by atoms with Crippen LogP contribution in [0.15, 0.2) is 62.7 Å². The van der Waals surface area contributed by atoms with Crippen molar-refractivity contribution in [3.8, 4) is 16.9 Å². The molecule has 0 atom stereocenters. The number of ketones is 1. The minimum Gasteiger partial charge on any atom is -0.506 e. The molecule has 0 saturated carbocycles. The van der Waals surface area contributed by atoms with Crippen molar-refractivity contribution < 1.29 is 9.90 Å². The second-order valence-corrected chi connectivity index (χ2v) is 7.40. The van der Waals surface area contributed by atoms with Crippen LogP contribution in [0, 0.1) is 0 Å². The molecule has 0 radical (unpaired) electrons. The second kappa shape index (κ2) is 6.75. The highest BCUT2D eigenvalue weighted by atomic mass is 79.9. The molecule has 0 aliphatic carbocycles. The Kier molecular flexibility index (Phi) is 4.40. The summed E-state index contributed by atoms with van der Waals surface area (Å²) in [6, 6.07) is 10.1. The Morgan fingerprint density at radius 1 is 1.07 bits per heavy atom. The quantitative estimate of drug-likeness (QED) is 0.428. The van der Waals surface area contributed by atoms with E-state index in [0.717, 1.165) is 5.56 Å². The molecule has 7 nitrogen and oxygen atoms in total. The SMILES string of the molecule is O=C(c1ccc(-c2cnn3c(=O)[nH]cnc23)cc1)c1cc(Br)c(O)c(Br)c1. The molecule has 2 aromatic heterocycles. The maximum atomic E-state index is 12.7. The zero-order chi connectivity index (χ0) is 19.1. The van der Waals surface area contributed by atoms with Crippen molar-refractivity contribution in [3.63, 3.8) is 0 Å². The fourth-order valence-corrected chi connectivity index (χ4v) is 3.88. The van der Waals surface area contributed by atoms with Gasteiger partial charge in [0.15, 0.2) is 11.4 Å². The van der Waals surface area contributed by atoms with E-state index in [9.17, 15) is 14.7 Å². The number of phenols is 1. The molecule has 2 heterocycles. The molecule has 134 valence electrons. The normalized spacial score (nSPS) is 11.0. The number of carbonyl (C=O) groups excluding carboxylic acids is 1. The summed E-state index contributed by atoms with van der Waals surface area (Å²) in [5.41, 5.74) is 2.46. The van der Waals surface area contributed by atoms with Crippen LogP contribution in [0.5, 0.6) is 5.75 Å². The third kappa shape index (κ3) is 3.08. The maximum Gasteiger partial charge on any atom is 0.349 e. The topological polar surface area (TPSA) is 100 Å². The Balaban J connectivity index is 1.71. The van der Waals surface area contributed by atoms with Crippen molar-refractivity contribution in [2.24, 2.45) is 0 Å². The van der Waals surface area contributed by atoms with Gasteiger partial charge in [-0.25, -0.2) is 9.78 Å². The van der Waals surface area contributed by atoms with Gasteiger partial charge in [0, 0.05) is 16.7 Å². The summed E-state index contributed by atoms with van der Waals surface area (Å²) < 4.78 is 2.04. The van der Waals surface area contributed by atoms with Gasteiger partial charge in [0.1, 0.15) is 5.75 Å². The molecule has 0 saturated heterocycles. The van der Waals surface area contributed by atoms with Gasteiger partial charge in [0.2, 0.25) is 0 Å². The van der Waals surface area contributed by atoms with E-state index in [-0.39, 0.29) is 17.2 Å². The van der Waals surface area contributed by atoms with Crippen LogP contribution in [-0.2, 0) is 0 Å². The van der Waals surface area contributed by atoms with Crippen LogP contribution >= 0.6 is 31.9 Å². The molecule has 0 aliphatic rings. The molecule has 0 aliphatic heterocycles. The minimum atomic E-state index is -0.374. The molecular weight excluding hydrogens is 480 g/mol. The van der Waals surface area contributed by atoms with Crippen LogP contribution in [-0.4, -0.2) is 30.5 Å². The molecule has 0 spiro atoms. The number of fused-ring (bicyclic) bond motifs is 1. The maximum absolute atomic E-state index is 12.7. The van der Waals surface area contributed by atoms with Gasteiger partial charge < -0.3 is 5.11 Å². The lowest BCUT2D eigenvalue weighted by Crippen LogP contribution is -2.17. The lowest BCUT2D eigenvalue weighted by atomic mass is 10.0. The summed E-state index contributed by atoms with van der Waals surface area (Å²) in [5, 5.41) is 13.8. The molecule has 2 aromatic carbocycles. The highest BCUT2D eigenvalue weighted by Crippen LogP contribution is 2.34. The number of hydrogen-bond donors (Lipinski definition) is 2. The molecule has 2 N–H and O–H groups in total. The van der Waals surface area contributed by atoms with Crippen LogP contribution in [0.3, 0.4) is 0 Å². The predicted molar refractivity (Wildman–Crippen MR) is 106 cm³/mol. The summed E-state index contributed by atoms with van der Waals surface area (Å²) in [7, 11) is 0. The number of carbonyl (C=O) groups is 1. The second-order valence-electron chi connectivity index (χ2n) is 5.70. The predicted octanol–water partition coefficient (Wildman–Crippen LogP) is 3.55. The van der Waals surface area contributed by atoms with Gasteiger partial charge >= 0.3 is 5.69 Å². The van der Waals surface area contributed by atoms with E-state index in [1.807, 2.05) is 0 Å². The third-order valence-electron chi connectivity index (χ3n) is 4.05. The van der Waals surface area contributed by atoms with Crippen LogP contribution in [0.25, 0.3) is 16.8 Å². The fraction of sp³-hybridized carbons (Fsp3) is 0. The van der Waals surface area contributed by atoms with E-state index in [1.54, 1.807) is 42.6 Å². The van der Waals surface area contributed by atoms with Gasteiger partial charge in [-0.05, 0) is 49.6 Å². The van der Waals surface area contributed by atoms with Crippen molar-refractivity contribution in [2.75, 3.05) is 0 Å². The molecule has 0 amide bonds. The molecule has 0 unspecified atom stereocenters. The monoisotopic (exact) mass is 488 g/mol. The first kappa shape index (κ1) is 17.6. The first-order chi connectivity index (χ1) is 13.0. The number of hydrogen-bond acceptors (Lipinski definition) is 5. The molecule has 4 rings (SSSR count). The van der Waals surface area contributed by atoms with Gasteiger partial charge in [-0.3, -0.25) is 9.78 Å². The summed E-state index contributed by atoms with van der Waals surface area (Å²) >= 11 is 6.46. The van der Waals surface area contributed by atoms with Gasteiger partial charge in [-0.2, -0.15) is 9.61 Å². The molecule has 27 heavy (non-hydrogen) atoms. The average Bonchev–Trinajstić information content (AvgIpc) is 3.11. The van der Waals surface area contributed by atoms with Crippen LogP contribution in [0.1, 0.15) is 15.9 Å². The molecule has 9 heteroatoms. The van der Waals surface area contributed by atoms with Gasteiger partial charge in [0.05, 0.1) is 21.5 Å². The number of benzene rings is 2. The smallest absolute Gasteiger partial charge is 0.349 e. The zero-order valence-electron chi connectivity index (χ0n) is 13.5. The molecule has 0 bridgehead atoms. The molecule has 4 aromatic rings. The molecule has 0 fully saturated rings. The van der Waals surface area contributed by atoms with Crippen molar-refractivity contribution in [1.29, 1.82) is 0 Å². The number of aromatic hydroxyl groups is 1. The standard InChI is InChI=1S/C18H10Br2N4O3/c19-13-5-11(6-14(20)16(13)26)15(25)10-3-1-9(2-4-10)12-7-23-24-17(12)21-8-22-18(24)27/h1-8,26H,(H,21,22,27). The third-order valence-corrected chi connectivity index (χ3v) is 5.26. The van der Waals surface area contributed by atoms with Gasteiger partial charge in [-0.15, -0.1) is 0 Å². The number of H-pyrrole nitrogens is 1. The number of aromatic amines is 1. The van der Waals surface area contributed by atoms with Gasteiger partial charge in [0.25, 0.3) is 0 Å². The van der Waals surface area contributed by atoms with Crippen LogP contribution < -0.4 is 5.69 Å². The number of nitrogens with zero attached hydrogens (tertiary/aromatic N) is 3. The Morgan fingerprint density at radius 3 is 2.41 bits per heavy atom. The Hall–Kier alpha value is -2.78. The Bertz CT molecular complexity index is 1220. The first-order valence-electron chi connectivity index (χ1n) is 7.70. The first-order valence-corrected chi connectivity index (χ1v) is 9.29. The van der Waals surface area contributed by atoms with Crippen molar-refractivity contribution in [2.45, 2.75) is 0 Å². The van der Waals surface area contributed by atoms with Crippen molar-refractivity contribution >= 4 is 43.3 Å². The van der Waals surface area contributed by atoms with E-state index in [1.165, 1.54) is 10.8 Å². The van der Waals surface area contributed by atoms with Gasteiger partial charge in [-0.1, -0.05) is 24.3 Å². The number of rotatable bonds is 3. The largest absolute Gasteiger partial charge is 0.506 e. The van der Waals surface area contributed by atoms with E-state index < -0.39 is 0 Å². The average molecular weight is 490 g/mol. The zero-order valence-corrected chi connectivity index (χ0v) is 16.7. The van der Waals surface area contributed by atoms with E-state index >= 15 is 0 Å². The fourth-order valence-electron chi connectivity index (χ4n) is 2.69. The van der Waals surface area contributed by atoms with E-state index in [4.69, 9.17) is 0 Å². The van der Waals surface area contributed by atoms with Crippen LogP contribution in [0.2, 0.25) is 0 Å². The van der Waals surface area contributed by atoms with E-state index in [0.29, 0.717) is 31.3 Å². The molecular formula is C18H10Br2N4O3. The Morgan fingerprint density at radius 2 is 1.74 bits per heavy atom. The number of nitrogens with one attached hydrogen (secondary N) is 1. The lowest BCUT2D eigenvalue weighted by Gasteiger charge is -2.06. The number of phenolic OH excluding ortho intramolecular Hbond substituents is 1. The number of halogens is 2. The highest BCUT2D eigenvalue weighted by molar-refractivity contribution is 9.11. The summed E-state index contributed by atoms with van der Waals surface area (Å²) in [4.78, 5) is 31.1. The summed E-state index contributed by atoms with van der Waals surface area (Å²) in [6.07, 6.45) is 2.88. The van der Waals surface area contributed by atoms with E-state index in [2.05, 4.69) is 46.9 Å².